The fourth-order valence-electron chi connectivity index (χ4n) is 7.83. The van der Waals surface area contributed by atoms with E-state index < -0.39 is 84.6 Å². The van der Waals surface area contributed by atoms with Crippen molar-refractivity contribution in [3.8, 4) is 0 Å². The number of ether oxygens (including phenoxy) is 4. The highest BCUT2D eigenvalue weighted by Gasteiger charge is 2.25. The molecule has 0 saturated heterocycles. The molecule has 0 fully saturated rings. The highest BCUT2D eigenvalue weighted by Crippen LogP contribution is 2.14. The van der Waals surface area contributed by atoms with Gasteiger partial charge in [0, 0.05) is 51.7 Å². The summed E-state index contributed by atoms with van der Waals surface area (Å²) in [5.74, 6) is -7.88. The highest BCUT2D eigenvalue weighted by molar-refractivity contribution is 5.87. The number of hydrogen-bond donors (Lipinski definition) is 11. The van der Waals surface area contributed by atoms with Gasteiger partial charge in [-0.25, -0.2) is 14.4 Å². The van der Waals surface area contributed by atoms with Gasteiger partial charge in [0.2, 0.25) is 35.4 Å². The first-order valence-electron chi connectivity index (χ1n) is 27.9. The molecule has 0 rings (SSSR count). The summed E-state index contributed by atoms with van der Waals surface area (Å²) in [5.41, 5.74) is 0. The molecule has 0 aliphatic heterocycles. The van der Waals surface area contributed by atoms with E-state index in [0.717, 1.165) is 51.4 Å². The van der Waals surface area contributed by atoms with Crippen LogP contribution in [0.1, 0.15) is 167 Å². The van der Waals surface area contributed by atoms with Crippen molar-refractivity contribution < 1.29 is 92.1 Å². The Balaban J connectivity index is 3.97. The first-order valence-corrected chi connectivity index (χ1v) is 27.9. The number of amides is 6. The van der Waals surface area contributed by atoms with Gasteiger partial charge in [0.15, 0.2) is 0 Å². The molecule has 0 aromatic carbocycles. The van der Waals surface area contributed by atoms with E-state index in [-0.39, 0.29) is 122 Å². The molecular weight excluding hydrogens is 1040 g/mol. The summed E-state index contributed by atoms with van der Waals surface area (Å²) in [6.07, 6.45) is 15.8. The topological polar surface area (TPSA) is 390 Å². The SMILES string of the molecule is CN[C@H](CCCCNC(=O)CC[C@@H](NC(=O)CCC(NC(=O)COCCOCCNC(=O)COCCOCCNC(=O)CCC(NC(=O)CCCCCCCCCCCCCCCCC(=O)O)C(=O)O)C(=O)O)C(=O)O)C(C)=O. The van der Waals surface area contributed by atoms with E-state index in [0.29, 0.717) is 32.2 Å². The van der Waals surface area contributed by atoms with Crippen LogP contribution in [0.25, 0.3) is 0 Å². The first kappa shape index (κ1) is 73.2. The Kier molecular flexibility index (Phi) is 45.6. The maximum atomic E-state index is 12.5. The third-order valence-electron chi connectivity index (χ3n) is 12.4. The Morgan fingerprint density at radius 2 is 0.696 bits per heavy atom. The Labute approximate surface area is 464 Å². The van der Waals surface area contributed by atoms with Gasteiger partial charge >= 0.3 is 23.9 Å². The van der Waals surface area contributed by atoms with Crippen molar-refractivity contribution in [3.63, 3.8) is 0 Å². The first-order chi connectivity index (χ1) is 37.9. The number of hydrogen-bond acceptors (Lipinski definition) is 16. The summed E-state index contributed by atoms with van der Waals surface area (Å²) >= 11 is 0. The van der Waals surface area contributed by atoms with Gasteiger partial charge in [-0.2, -0.15) is 0 Å². The number of rotatable bonds is 55. The fourth-order valence-corrected chi connectivity index (χ4v) is 7.83. The number of Topliss-reactive ketones (excluding diaryl/α,β-unsaturated/α-hetero) is 1. The summed E-state index contributed by atoms with van der Waals surface area (Å²) in [6, 6.07) is -4.32. The van der Waals surface area contributed by atoms with Crippen LogP contribution in [0, 0.1) is 0 Å². The second-order valence-electron chi connectivity index (χ2n) is 19.2. The van der Waals surface area contributed by atoms with E-state index in [1.807, 2.05) is 0 Å². The molecule has 26 heteroatoms. The van der Waals surface area contributed by atoms with Crippen molar-refractivity contribution in [3.05, 3.63) is 0 Å². The van der Waals surface area contributed by atoms with Crippen molar-refractivity contribution in [2.24, 2.45) is 0 Å². The third kappa shape index (κ3) is 45.7. The van der Waals surface area contributed by atoms with E-state index in [1.54, 1.807) is 7.05 Å². The zero-order valence-corrected chi connectivity index (χ0v) is 46.7. The van der Waals surface area contributed by atoms with Crippen LogP contribution < -0.4 is 37.2 Å². The minimum Gasteiger partial charge on any atom is -0.481 e. The van der Waals surface area contributed by atoms with Crippen LogP contribution in [0.2, 0.25) is 0 Å². The number of likely N-dealkylation sites (N-methyl/N-ethyl adjacent to an activating group) is 1. The molecule has 0 spiro atoms. The van der Waals surface area contributed by atoms with E-state index >= 15 is 0 Å². The monoisotopic (exact) mass is 1130 g/mol. The van der Waals surface area contributed by atoms with Crippen LogP contribution in [-0.4, -0.2) is 189 Å². The number of ketones is 1. The molecule has 26 nitrogen and oxygen atoms in total. The maximum Gasteiger partial charge on any atom is 0.326 e. The number of unbranched alkanes of at least 4 members (excludes halogenated alkanes) is 14. The molecule has 11 N–H and O–H groups in total. The Morgan fingerprint density at radius 3 is 1.11 bits per heavy atom. The highest BCUT2D eigenvalue weighted by atomic mass is 16.5. The van der Waals surface area contributed by atoms with Gasteiger partial charge in [-0.15, -0.1) is 0 Å². The molecule has 0 aliphatic rings. The van der Waals surface area contributed by atoms with Crippen molar-refractivity contribution in [1.29, 1.82) is 0 Å². The predicted molar refractivity (Wildman–Crippen MR) is 288 cm³/mol. The van der Waals surface area contributed by atoms with Gasteiger partial charge in [0.25, 0.3) is 0 Å². The summed E-state index contributed by atoms with van der Waals surface area (Å²) in [6.45, 7) is 1.83. The molecular formula is C53H93N7O19. The molecule has 0 radical (unpaired) electrons. The van der Waals surface area contributed by atoms with E-state index in [9.17, 15) is 68.1 Å². The van der Waals surface area contributed by atoms with Gasteiger partial charge in [0.1, 0.15) is 37.1 Å². The maximum absolute atomic E-state index is 12.5. The lowest BCUT2D eigenvalue weighted by atomic mass is 10.0. The lowest BCUT2D eigenvalue weighted by Crippen LogP contribution is -2.45. The van der Waals surface area contributed by atoms with E-state index in [2.05, 4.69) is 37.2 Å². The molecule has 79 heavy (non-hydrogen) atoms. The van der Waals surface area contributed by atoms with Gasteiger partial charge < -0.3 is 76.6 Å². The van der Waals surface area contributed by atoms with E-state index in [4.69, 9.17) is 24.1 Å². The number of carboxylic acid groups (broad SMARTS) is 4. The molecule has 0 heterocycles. The molecule has 0 bridgehead atoms. The molecule has 2 unspecified atom stereocenters. The number of aliphatic carboxylic acids is 4. The quantitative estimate of drug-likeness (QED) is 0.0389. The minimum atomic E-state index is -1.48. The van der Waals surface area contributed by atoms with E-state index in [1.165, 1.54) is 39.0 Å². The summed E-state index contributed by atoms with van der Waals surface area (Å²) in [5, 5.41) is 55.1. The lowest BCUT2D eigenvalue weighted by molar-refractivity contribution is -0.144. The normalized spacial score (nSPS) is 12.5. The summed E-state index contributed by atoms with van der Waals surface area (Å²) in [7, 11) is 1.69. The van der Waals surface area contributed by atoms with Crippen molar-refractivity contribution in [1.82, 2.24) is 37.2 Å². The van der Waals surface area contributed by atoms with Crippen molar-refractivity contribution in [2.45, 2.75) is 192 Å². The molecule has 0 aliphatic carbocycles. The van der Waals surface area contributed by atoms with Crippen LogP contribution in [0.5, 0.6) is 0 Å². The van der Waals surface area contributed by atoms with Gasteiger partial charge in [-0.3, -0.25) is 38.4 Å². The van der Waals surface area contributed by atoms with Gasteiger partial charge in [-0.05, 0) is 65.3 Å². The minimum absolute atomic E-state index is 0.0165. The number of carbonyl (C=O) groups excluding carboxylic acids is 7. The number of carbonyl (C=O) groups is 11. The average molecular weight is 1130 g/mol. The van der Waals surface area contributed by atoms with Crippen LogP contribution in [0.4, 0.5) is 0 Å². The second-order valence-corrected chi connectivity index (χ2v) is 19.2. The predicted octanol–water partition coefficient (Wildman–Crippen LogP) is 2.12. The van der Waals surface area contributed by atoms with Crippen LogP contribution in [-0.2, 0) is 71.7 Å². The van der Waals surface area contributed by atoms with Crippen molar-refractivity contribution >= 4 is 65.1 Å². The third-order valence-corrected chi connectivity index (χ3v) is 12.4. The molecule has 454 valence electrons. The zero-order chi connectivity index (χ0) is 58.9. The average Bonchev–Trinajstić information content (AvgIpc) is 3.39. The summed E-state index contributed by atoms with van der Waals surface area (Å²) in [4.78, 5) is 131. The molecule has 4 atom stereocenters. The van der Waals surface area contributed by atoms with Gasteiger partial charge in [-0.1, -0.05) is 77.0 Å². The molecule has 0 aromatic heterocycles. The molecule has 0 saturated carbocycles. The standard InChI is InChI=1S/C53H93N7O19/c1-39(61)40(54-2)19-17-18-28-55-44(62)25-22-42(52(72)73)59-47(65)27-24-43(53(74)75)60-49(67)38-79-36-34-77-32-30-57-48(66)37-78-35-33-76-31-29-56-45(63)26-23-41(51(70)71)58-46(64)20-15-13-11-9-7-5-3-4-6-8-10-12-14-16-21-50(68)69/h40-43,54H,3-38H2,1-2H3,(H,55,62)(H,56,63)(H,57,66)(H,58,64)(H,59,65)(H,60,67)(H,68,69)(H,70,71)(H,72,73)(H,74,75)/t40-,41?,42-,43?/m1/s1. The molecule has 0 aromatic rings. The smallest absolute Gasteiger partial charge is 0.326 e. The molecule has 6 amide bonds. The largest absolute Gasteiger partial charge is 0.481 e. The zero-order valence-electron chi connectivity index (χ0n) is 46.7. The Bertz CT molecular complexity index is 1790. The van der Waals surface area contributed by atoms with Gasteiger partial charge in [0.05, 0.1) is 45.7 Å². The Hall–Kier alpha value is -5.83. The number of nitrogens with one attached hydrogen (secondary N) is 7. The van der Waals surface area contributed by atoms with Crippen LogP contribution in [0.15, 0.2) is 0 Å². The Morgan fingerprint density at radius 1 is 0.342 bits per heavy atom. The van der Waals surface area contributed by atoms with Crippen molar-refractivity contribution in [2.75, 3.05) is 79.5 Å². The van der Waals surface area contributed by atoms with Crippen LogP contribution >= 0.6 is 0 Å². The summed E-state index contributed by atoms with van der Waals surface area (Å²) < 4.78 is 21.2. The number of carboxylic acids is 4. The lowest BCUT2D eigenvalue weighted by Gasteiger charge is -2.17. The fraction of sp³-hybridized carbons (Fsp3) is 0.792. The second kappa shape index (κ2) is 49.2. The van der Waals surface area contributed by atoms with Crippen LogP contribution in [0.3, 0.4) is 0 Å².